The van der Waals surface area contributed by atoms with Crippen LogP contribution in [0.2, 0.25) is 0 Å². The van der Waals surface area contributed by atoms with E-state index >= 15 is 0 Å². The van der Waals surface area contributed by atoms with Gasteiger partial charge in [0, 0.05) is 38.2 Å². The first-order valence-electron chi connectivity index (χ1n) is 7.62. The summed E-state index contributed by atoms with van der Waals surface area (Å²) in [5.41, 5.74) is 1.07. The van der Waals surface area contributed by atoms with Gasteiger partial charge in [-0.2, -0.15) is 0 Å². The van der Waals surface area contributed by atoms with Gasteiger partial charge in [0.05, 0.1) is 0 Å². The summed E-state index contributed by atoms with van der Waals surface area (Å²) in [6.07, 6.45) is 0.522. The van der Waals surface area contributed by atoms with Gasteiger partial charge in [0.1, 0.15) is 13.2 Å². The van der Waals surface area contributed by atoms with Gasteiger partial charge >= 0.3 is 0 Å². The molecule has 2 rings (SSSR count). The van der Waals surface area contributed by atoms with Crippen molar-refractivity contribution < 1.29 is 14.3 Å². The van der Waals surface area contributed by atoms with Crippen molar-refractivity contribution >= 4 is 5.91 Å². The second-order valence-electron chi connectivity index (χ2n) is 4.93. The molecule has 1 aromatic rings. The molecule has 1 aromatic carbocycles. The number of benzene rings is 1. The topological polar surface area (TPSA) is 50.8 Å². The van der Waals surface area contributed by atoms with Crippen LogP contribution in [0.15, 0.2) is 18.2 Å². The van der Waals surface area contributed by atoms with E-state index in [4.69, 9.17) is 9.47 Å². The average Bonchev–Trinajstić information content (AvgIpc) is 2.53. The van der Waals surface area contributed by atoms with E-state index in [1.165, 1.54) is 0 Å². The number of nitrogens with zero attached hydrogens (tertiary/aromatic N) is 1. The van der Waals surface area contributed by atoms with Gasteiger partial charge in [-0.1, -0.05) is 12.1 Å². The maximum absolute atomic E-state index is 11.9. The Morgan fingerprint density at radius 3 is 2.76 bits per heavy atom. The Morgan fingerprint density at radius 1 is 1.24 bits per heavy atom. The standard InChI is InChI=1S/C16H24N2O3/c1-3-18(4-2)15(19)8-9-17-12-13-6-5-7-14-16(13)21-11-10-20-14/h5-7,17H,3-4,8-12H2,1-2H3. The Morgan fingerprint density at radius 2 is 2.00 bits per heavy atom. The van der Waals surface area contributed by atoms with Crippen LogP contribution >= 0.6 is 0 Å². The van der Waals surface area contributed by atoms with Gasteiger partial charge < -0.3 is 19.7 Å². The van der Waals surface area contributed by atoms with Gasteiger partial charge in [-0.05, 0) is 19.9 Å². The zero-order chi connectivity index (χ0) is 15.1. The molecule has 1 aliphatic rings. The Hall–Kier alpha value is -1.75. The number of hydrogen-bond donors (Lipinski definition) is 1. The number of fused-ring (bicyclic) bond motifs is 1. The number of ether oxygens (including phenoxy) is 2. The summed E-state index contributed by atoms with van der Waals surface area (Å²) < 4.78 is 11.2. The molecular formula is C16H24N2O3. The van der Waals surface area contributed by atoms with Crippen LogP contribution in [0.25, 0.3) is 0 Å². The lowest BCUT2D eigenvalue weighted by atomic mass is 10.1. The maximum atomic E-state index is 11.9. The van der Waals surface area contributed by atoms with Crippen molar-refractivity contribution in [3.63, 3.8) is 0 Å². The zero-order valence-corrected chi connectivity index (χ0v) is 12.9. The first-order chi connectivity index (χ1) is 10.3. The van der Waals surface area contributed by atoms with E-state index in [0.717, 1.165) is 30.2 Å². The number of nitrogens with one attached hydrogen (secondary N) is 1. The van der Waals surface area contributed by atoms with Crippen LogP contribution in [0.4, 0.5) is 0 Å². The van der Waals surface area contributed by atoms with E-state index in [9.17, 15) is 4.79 Å². The average molecular weight is 292 g/mol. The summed E-state index contributed by atoms with van der Waals surface area (Å²) in [6.45, 7) is 8.08. The van der Waals surface area contributed by atoms with Crippen molar-refractivity contribution in [2.45, 2.75) is 26.8 Å². The van der Waals surface area contributed by atoms with Crippen molar-refractivity contribution in [1.29, 1.82) is 0 Å². The van der Waals surface area contributed by atoms with Crippen LogP contribution in [0, 0.1) is 0 Å². The molecule has 0 aliphatic carbocycles. The number of para-hydroxylation sites is 1. The SMILES string of the molecule is CCN(CC)C(=O)CCNCc1cccc2c1OCCO2. The zero-order valence-electron chi connectivity index (χ0n) is 12.9. The predicted octanol–water partition coefficient (Wildman–Crippen LogP) is 1.81. The van der Waals surface area contributed by atoms with Gasteiger partial charge in [0.2, 0.25) is 5.91 Å². The van der Waals surface area contributed by atoms with E-state index in [-0.39, 0.29) is 5.91 Å². The molecule has 116 valence electrons. The van der Waals surface area contributed by atoms with Crippen molar-refractivity contribution in [1.82, 2.24) is 10.2 Å². The highest BCUT2D eigenvalue weighted by Gasteiger charge is 2.15. The van der Waals surface area contributed by atoms with Gasteiger partial charge in [0.25, 0.3) is 0 Å². The minimum absolute atomic E-state index is 0.196. The Labute approximate surface area is 126 Å². The molecule has 5 nitrogen and oxygen atoms in total. The highest BCUT2D eigenvalue weighted by molar-refractivity contribution is 5.76. The second kappa shape index (κ2) is 7.88. The van der Waals surface area contributed by atoms with E-state index in [1.807, 2.05) is 36.9 Å². The lowest BCUT2D eigenvalue weighted by Gasteiger charge is -2.21. The molecule has 0 atom stereocenters. The van der Waals surface area contributed by atoms with E-state index < -0.39 is 0 Å². The van der Waals surface area contributed by atoms with Gasteiger partial charge in [0.15, 0.2) is 11.5 Å². The maximum Gasteiger partial charge on any atom is 0.223 e. The third kappa shape index (κ3) is 4.11. The van der Waals surface area contributed by atoms with Gasteiger partial charge in [-0.3, -0.25) is 4.79 Å². The van der Waals surface area contributed by atoms with Crippen LogP contribution in [-0.2, 0) is 11.3 Å². The highest BCUT2D eigenvalue weighted by Crippen LogP contribution is 2.33. The Balaban J connectivity index is 1.80. The largest absolute Gasteiger partial charge is 0.486 e. The molecule has 0 unspecified atom stereocenters. The third-order valence-electron chi connectivity index (χ3n) is 3.59. The highest BCUT2D eigenvalue weighted by atomic mass is 16.6. The number of amides is 1. The lowest BCUT2D eigenvalue weighted by molar-refractivity contribution is -0.130. The molecule has 1 amide bonds. The summed E-state index contributed by atoms with van der Waals surface area (Å²) in [4.78, 5) is 13.7. The molecule has 0 saturated heterocycles. The number of rotatable bonds is 7. The minimum Gasteiger partial charge on any atom is -0.486 e. The molecule has 1 N–H and O–H groups in total. The molecule has 0 aromatic heterocycles. The summed E-state index contributed by atoms with van der Waals surface area (Å²) in [6, 6.07) is 5.90. The molecular weight excluding hydrogens is 268 g/mol. The molecule has 0 fully saturated rings. The Bertz CT molecular complexity index is 473. The van der Waals surface area contributed by atoms with Gasteiger partial charge in [-0.25, -0.2) is 0 Å². The number of carbonyl (C=O) groups excluding carboxylic acids is 1. The molecule has 1 aliphatic heterocycles. The van der Waals surface area contributed by atoms with Crippen molar-refractivity contribution in [2.75, 3.05) is 32.8 Å². The van der Waals surface area contributed by atoms with E-state index in [0.29, 0.717) is 32.7 Å². The monoisotopic (exact) mass is 292 g/mol. The fraction of sp³-hybridized carbons (Fsp3) is 0.562. The van der Waals surface area contributed by atoms with Crippen molar-refractivity contribution in [3.8, 4) is 11.5 Å². The van der Waals surface area contributed by atoms with Crippen molar-refractivity contribution in [2.24, 2.45) is 0 Å². The first kappa shape index (κ1) is 15.6. The summed E-state index contributed by atoms with van der Waals surface area (Å²) in [5.74, 6) is 1.83. The number of hydrogen-bond acceptors (Lipinski definition) is 4. The van der Waals surface area contributed by atoms with Crippen LogP contribution in [-0.4, -0.2) is 43.7 Å². The van der Waals surface area contributed by atoms with E-state index in [1.54, 1.807) is 0 Å². The fourth-order valence-corrected chi connectivity index (χ4v) is 2.43. The molecule has 1 heterocycles. The van der Waals surface area contributed by atoms with Crippen molar-refractivity contribution in [3.05, 3.63) is 23.8 Å². The summed E-state index contributed by atoms with van der Waals surface area (Å²) in [7, 11) is 0. The third-order valence-corrected chi connectivity index (χ3v) is 3.59. The van der Waals surface area contributed by atoms with E-state index in [2.05, 4.69) is 5.32 Å². The predicted molar refractivity (Wildman–Crippen MR) is 81.7 cm³/mol. The molecule has 21 heavy (non-hydrogen) atoms. The molecule has 5 heteroatoms. The normalized spacial score (nSPS) is 13.0. The second-order valence-corrected chi connectivity index (χ2v) is 4.93. The molecule has 0 bridgehead atoms. The molecule has 0 radical (unpaired) electrons. The Kier molecular flexibility index (Phi) is 5.87. The summed E-state index contributed by atoms with van der Waals surface area (Å²) in [5, 5.41) is 3.30. The number of carbonyl (C=O) groups is 1. The quantitative estimate of drug-likeness (QED) is 0.779. The summed E-state index contributed by atoms with van der Waals surface area (Å²) >= 11 is 0. The minimum atomic E-state index is 0.196. The van der Waals surface area contributed by atoms with Gasteiger partial charge in [-0.15, -0.1) is 0 Å². The fourth-order valence-electron chi connectivity index (χ4n) is 2.43. The van der Waals surface area contributed by atoms with Crippen LogP contribution in [0.1, 0.15) is 25.8 Å². The molecule has 0 saturated carbocycles. The van der Waals surface area contributed by atoms with Crippen LogP contribution in [0.5, 0.6) is 11.5 Å². The molecule has 0 spiro atoms. The van der Waals surface area contributed by atoms with Crippen LogP contribution in [0.3, 0.4) is 0 Å². The van der Waals surface area contributed by atoms with Crippen LogP contribution < -0.4 is 14.8 Å². The lowest BCUT2D eigenvalue weighted by Crippen LogP contribution is -2.32. The smallest absolute Gasteiger partial charge is 0.223 e. The first-order valence-corrected chi connectivity index (χ1v) is 7.62.